The molecule has 0 saturated heterocycles. The van der Waals surface area contributed by atoms with Gasteiger partial charge < -0.3 is 0 Å². The van der Waals surface area contributed by atoms with E-state index in [1.807, 2.05) is 0 Å². The maximum Gasteiger partial charge on any atom is -0.00990 e. The van der Waals surface area contributed by atoms with E-state index in [0.29, 0.717) is 0 Å². The molecule has 0 aromatic heterocycles. The average molecular weight is 294 g/mol. The standard InChI is InChI=1S/C23H18/c1-17-15-16-23(21-13-7-5-11-19(17)21)22-14-8-6-12-20(22)18-9-3-2-4-10-18/h2-16H,1H3. The van der Waals surface area contributed by atoms with Crippen LogP contribution in [-0.4, -0.2) is 0 Å². The first kappa shape index (κ1) is 13.8. The summed E-state index contributed by atoms with van der Waals surface area (Å²) in [4.78, 5) is 0. The van der Waals surface area contributed by atoms with Crippen LogP contribution in [0.15, 0.2) is 91.0 Å². The molecule has 0 heterocycles. The molecule has 4 rings (SSSR count). The molecule has 0 unspecified atom stereocenters. The van der Waals surface area contributed by atoms with Crippen LogP contribution >= 0.6 is 0 Å². The monoisotopic (exact) mass is 294 g/mol. The molecule has 0 radical (unpaired) electrons. The van der Waals surface area contributed by atoms with Gasteiger partial charge in [0.15, 0.2) is 0 Å². The summed E-state index contributed by atoms with van der Waals surface area (Å²) in [6.07, 6.45) is 0. The minimum absolute atomic E-state index is 1.26. The molecule has 4 aromatic rings. The van der Waals surface area contributed by atoms with Crippen molar-refractivity contribution >= 4 is 10.8 Å². The van der Waals surface area contributed by atoms with Crippen molar-refractivity contribution in [2.75, 3.05) is 0 Å². The Morgan fingerprint density at radius 3 is 1.83 bits per heavy atom. The Hall–Kier alpha value is -2.86. The Balaban J connectivity index is 2.02. The summed E-state index contributed by atoms with van der Waals surface area (Å²) >= 11 is 0. The zero-order chi connectivity index (χ0) is 15.6. The lowest BCUT2D eigenvalue weighted by Gasteiger charge is -2.14. The second-order valence-electron chi connectivity index (χ2n) is 5.89. The number of hydrogen-bond acceptors (Lipinski definition) is 0. The second-order valence-corrected chi connectivity index (χ2v) is 5.89. The summed E-state index contributed by atoms with van der Waals surface area (Å²) in [6.45, 7) is 2.18. The van der Waals surface area contributed by atoms with Crippen molar-refractivity contribution in [2.24, 2.45) is 0 Å². The molecule has 0 amide bonds. The number of hydrogen-bond donors (Lipinski definition) is 0. The third kappa shape index (κ3) is 2.43. The van der Waals surface area contributed by atoms with Gasteiger partial charge in [-0.1, -0.05) is 91.0 Å². The van der Waals surface area contributed by atoms with Crippen molar-refractivity contribution in [3.8, 4) is 22.3 Å². The van der Waals surface area contributed by atoms with Gasteiger partial charge >= 0.3 is 0 Å². The molecule has 0 spiro atoms. The molecular weight excluding hydrogens is 276 g/mol. The van der Waals surface area contributed by atoms with Crippen LogP contribution in [0.25, 0.3) is 33.0 Å². The SMILES string of the molecule is Cc1ccc(-c2ccccc2-c2ccccc2)c2ccccc12. The molecular formula is C23H18. The van der Waals surface area contributed by atoms with Crippen molar-refractivity contribution in [1.29, 1.82) is 0 Å². The van der Waals surface area contributed by atoms with Crippen molar-refractivity contribution in [2.45, 2.75) is 6.92 Å². The predicted octanol–water partition coefficient (Wildman–Crippen LogP) is 6.48. The Morgan fingerprint density at radius 2 is 1.04 bits per heavy atom. The highest BCUT2D eigenvalue weighted by atomic mass is 14.1. The van der Waals surface area contributed by atoms with E-state index >= 15 is 0 Å². The first-order valence-corrected chi connectivity index (χ1v) is 7.98. The molecule has 0 aliphatic heterocycles. The van der Waals surface area contributed by atoms with Crippen LogP contribution in [0, 0.1) is 6.92 Å². The number of rotatable bonds is 2. The van der Waals surface area contributed by atoms with E-state index in [1.165, 1.54) is 38.6 Å². The van der Waals surface area contributed by atoms with Crippen LogP contribution < -0.4 is 0 Å². The zero-order valence-corrected chi connectivity index (χ0v) is 13.2. The molecule has 0 bridgehead atoms. The smallest absolute Gasteiger partial charge is 0.00990 e. The molecule has 0 aliphatic rings. The average Bonchev–Trinajstić information content (AvgIpc) is 2.63. The molecule has 0 saturated carbocycles. The van der Waals surface area contributed by atoms with Crippen molar-refractivity contribution < 1.29 is 0 Å². The predicted molar refractivity (Wildman–Crippen MR) is 99.6 cm³/mol. The van der Waals surface area contributed by atoms with Gasteiger partial charge in [0.2, 0.25) is 0 Å². The van der Waals surface area contributed by atoms with Gasteiger partial charge in [-0.2, -0.15) is 0 Å². The molecule has 23 heavy (non-hydrogen) atoms. The van der Waals surface area contributed by atoms with E-state index in [9.17, 15) is 0 Å². The van der Waals surface area contributed by atoms with Crippen LogP contribution in [0.1, 0.15) is 5.56 Å². The van der Waals surface area contributed by atoms with Gasteiger partial charge in [0.25, 0.3) is 0 Å². The van der Waals surface area contributed by atoms with E-state index in [4.69, 9.17) is 0 Å². The number of benzene rings is 4. The molecule has 110 valence electrons. The van der Waals surface area contributed by atoms with Gasteiger partial charge in [-0.3, -0.25) is 0 Å². The first-order chi connectivity index (χ1) is 11.3. The highest BCUT2D eigenvalue weighted by Gasteiger charge is 2.10. The molecule has 0 aliphatic carbocycles. The summed E-state index contributed by atoms with van der Waals surface area (Å²) in [5.41, 5.74) is 6.44. The minimum Gasteiger partial charge on any atom is -0.0622 e. The summed E-state index contributed by atoms with van der Waals surface area (Å²) in [5.74, 6) is 0. The third-order valence-corrected chi connectivity index (χ3v) is 4.44. The van der Waals surface area contributed by atoms with E-state index in [0.717, 1.165) is 0 Å². The maximum atomic E-state index is 2.25. The minimum atomic E-state index is 1.26. The summed E-state index contributed by atoms with van der Waals surface area (Å²) < 4.78 is 0. The third-order valence-electron chi connectivity index (χ3n) is 4.44. The van der Waals surface area contributed by atoms with Gasteiger partial charge in [-0.05, 0) is 45.5 Å². The van der Waals surface area contributed by atoms with Crippen molar-refractivity contribution in [1.82, 2.24) is 0 Å². The lowest BCUT2D eigenvalue weighted by molar-refractivity contribution is 1.52. The normalized spacial score (nSPS) is 10.8. The fourth-order valence-electron chi connectivity index (χ4n) is 3.27. The van der Waals surface area contributed by atoms with E-state index in [2.05, 4.69) is 97.9 Å². The quantitative estimate of drug-likeness (QED) is 0.397. The highest BCUT2D eigenvalue weighted by molar-refractivity contribution is 6.01. The summed E-state index contributed by atoms with van der Waals surface area (Å²) in [6, 6.07) is 32.4. The number of fused-ring (bicyclic) bond motifs is 1. The fourth-order valence-corrected chi connectivity index (χ4v) is 3.27. The van der Waals surface area contributed by atoms with Crippen molar-refractivity contribution in [3.05, 3.63) is 96.6 Å². The molecule has 0 atom stereocenters. The maximum absolute atomic E-state index is 2.25. The van der Waals surface area contributed by atoms with Gasteiger partial charge in [-0.15, -0.1) is 0 Å². The topological polar surface area (TPSA) is 0 Å². The van der Waals surface area contributed by atoms with Crippen LogP contribution in [0.5, 0.6) is 0 Å². The largest absolute Gasteiger partial charge is 0.0622 e. The summed E-state index contributed by atoms with van der Waals surface area (Å²) in [7, 11) is 0. The Morgan fingerprint density at radius 1 is 0.435 bits per heavy atom. The Labute approximate surface area is 137 Å². The lowest BCUT2D eigenvalue weighted by atomic mass is 9.90. The van der Waals surface area contributed by atoms with Crippen molar-refractivity contribution in [3.63, 3.8) is 0 Å². The zero-order valence-electron chi connectivity index (χ0n) is 13.2. The van der Waals surface area contributed by atoms with Gasteiger partial charge in [-0.25, -0.2) is 0 Å². The second kappa shape index (κ2) is 5.73. The van der Waals surface area contributed by atoms with Crippen LogP contribution in [0.2, 0.25) is 0 Å². The van der Waals surface area contributed by atoms with Crippen LogP contribution in [-0.2, 0) is 0 Å². The van der Waals surface area contributed by atoms with Gasteiger partial charge in [0, 0.05) is 0 Å². The molecule has 4 aromatic carbocycles. The fraction of sp³-hybridized carbons (Fsp3) is 0.0435. The molecule has 0 fully saturated rings. The van der Waals surface area contributed by atoms with E-state index < -0.39 is 0 Å². The first-order valence-electron chi connectivity index (χ1n) is 7.98. The number of aryl methyl sites for hydroxylation is 1. The van der Waals surface area contributed by atoms with Crippen LogP contribution in [0.3, 0.4) is 0 Å². The summed E-state index contributed by atoms with van der Waals surface area (Å²) in [5, 5.41) is 2.64. The van der Waals surface area contributed by atoms with E-state index in [-0.39, 0.29) is 0 Å². The molecule has 0 heteroatoms. The highest BCUT2D eigenvalue weighted by Crippen LogP contribution is 2.36. The Bertz CT molecular complexity index is 965. The lowest BCUT2D eigenvalue weighted by Crippen LogP contribution is -1.88. The van der Waals surface area contributed by atoms with Crippen LogP contribution in [0.4, 0.5) is 0 Å². The Kier molecular flexibility index (Phi) is 3.44. The molecule has 0 nitrogen and oxygen atoms in total. The van der Waals surface area contributed by atoms with E-state index in [1.54, 1.807) is 0 Å². The van der Waals surface area contributed by atoms with Gasteiger partial charge in [0.05, 0.1) is 0 Å². The van der Waals surface area contributed by atoms with Gasteiger partial charge in [0.1, 0.15) is 0 Å². The molecule has 0 N–H and O–H groups in total.